The lowest BCUT2D eigenvalue weighted by molar-refractivity contribution is 0.209. The van der Waals surface area contributed by atoms with Crippen LogP contribution in [-0.4, -0.2) is 57.8 Å². The molecular weight excluding hydrogens is 526 g/mol. The van der Waals surface area contributed by atoms with Crippen LogP contribution in [0.25, 0.3) is 31.7 Å². The summed E-state index contributed by atoms with van der Waals surface area (Å²) in [7, 11) is 1.71. The summed E-state index contributed by atoms with van der Waals surface area (Å²) in [4.78, 5) is 40.7. The number of methoxy groups -OCH3 is 1. The summed E-state index contributed by atoms with van der Waals surface area (Å²) in [5.41, 5.74) is 3.32. The molecule has 1 N–H and O–H groups in total. The number of pyridine rings is 2. The fourth-order valence-electron chi connectivity index (χ4n) is 6.14. The summed E-state index contributed by atoms with van der Waals surface area (Å²) < 4.78 is 14.4. The van der Waals surface area contributed by atoms with E-state index in [9.17, 15) is 9.59 Å². The van der Waals surface area contributed by atoms with Crippen molar-refractivity contribution in [2.24, 2.45) is 5.92 Å². The van der Waals surface area contributed by atoms with Gasteiger partial charge in [-0.2, -0.15) is 0 Å². The molecule has 5 aromatic rings. The molecular formula is C30H29N5O4S. The van der Waals surface area contributed by atoms with E-state index in [-0.39, 0.29) is 11.2 Å². The Morgan fingerprint density at radius 1 is 1.10 bits per heavy atom. The number of rotatable bonds is 7. The molecule has 10 heteroatoms. The zero-order valence-electron chi connectivity index (χ0n) is 22.1. The van der Waals surface area contributed by atoms with Crippen molar-refractivity contribution in [2.75, 3.05) is 33.4 Å². The molecule has 1 fully saturated rings. The highest BCUT2D eigenvalue weighted by atomic mass is 32.1. The Hall–Kier alpha value is -4.02. The number of ether oxygens (including phenoxy) is 2. The van der Waals surface area contributed by atoms with Gasteiger partial charge in [-0.05, 0) is 55.8 Å². The molecule has 0 saturated carbocycles. The van der Waals surface area contributed by atoms with Gasteiger partial charge in [-0.15, -0.1) is 11.3 Å². The summed E-state index contributed by atoms with van der Waals surface area (Å²) in [6, 6.07) is 13.7. The molecule has 9 nitrogen and oxygen atoms in total. The van der Waals surface area contributed by atoms with Crippen molar-refractivity contribution in [3.05, 3.63) is 81.3 Å². The van der Waals surface area contributed by atoms with E-state index < -0.39 is 0 Å². The van der Waals surface area contributed by atoms with Crippen LogP contribution in [0.3, 0.4) is 0 Å². The topological polar surface area (TPSA) is 102 Å². The van der Waals surface area contributed by atoms with Gasteiger partial charge in [0.1, 0.15) is 21.7 Å². The van der Waals surface area contributed by atoms with E-state index in [0.717, 1.165) is 66.5 Å². The summed E-state index contributed by atoms with van der Waals surface area (Å²) in [5, 5.41) is 0. The van der Waals surface area contributed by atoms with Crippen molar-refractivity contribution < 1.29 is 9.47 Å². The maximum Gasteiger partial charge on any atom is 0.328 e. The number of likely N-dealkylation sites (tertiary alicyclic amines) is 1. The minimum Gasteiger partial charge on any atom is -0.496 e. The molecule has 204 valence electrons. The van der Waals surface area contributed by atoms with Crippen LogP contribution in [0.15, 0.2) is 64.4 Å². The Labute approximate surface area is 234 Å². The Morgan fingerprint density at radius 3 is 2.85 bits per heavy atom. The molecule has 2 aliphatic heterocycles. The maximum atomic E-state index is 13.4. The molecule has 1 aromatic carbocycles. The van der Waals surface area contributed by atoms with Gasteiger partial charge in [0.2, 0.25) is 0 Å². The standard InChI is InChI=1S/C30H29N5O4S/c1-38-22-7-4-8-23-25(22)20-16-34(15-19(20)17-39-23)12-2-3-13-35-29(36)28-27(33-30(35)37)26-24(40-28)10-9-21(32-26)18-6-5-11-31-14-18/h4-11,14,19-20H,2-3,12-13,15-17H2,1H3,(H,33,37)/t19-,20+/m0/s1. The van der Waals surface area contributed by atoms with E-state index in [4.69, 9.17) is 14.5 Å². The minimum atomic E-state index is -0.390. The predicted octanol–water partition coefficient (Wildman–Crippen LogP) is 4.26. The van der Waals surface area contributed by atoms with Crippen LogP contribution in [0, 0.1) is 5.92 Å². The largest absolute Gasteiger partial charge is 0.496 e. The number of nitrogens with zero attached hydrogens (tertiary/aromatic N) is 4. The molecule has 0 unspecified atom stereocenters. The highest BCUT2D eigenvalue weighted by Crippen LogP contribution is 2.46. The number of aromatic nitrogens is 4. The van der Waals surface area contributed by atoms with Crippen LogP contribution in [0.1, 0.15) is 24.3 Å². The average Bonchev–Trinajstić information content (AvgIpc) is 3.58. The summed E-state index contributed by atoms with van der Waals surface area (Å²) in [5.74, 6) is 2.67. The van der Waals surface area contributed by atoms with Gasteiger partial charge >= 0.3 is 5.69 Å². The Kier molecular flexibility index (Phi) is 6.36. The minimum absolute atomic E-state index is 0.252. The fourth-order valence-corrected chi connectivity index (χ4v) is 7.19. The fraction of sp³-hybridized carbons (Fsp3) is 0.333. The normalized spacial score (nSPS) is 18.5. The van der Waals surface area contributed by atoms with Crippen LogP contribution in [-0.2, 0) is 6.54 Å². The third-order valence-corrected chi connectivity index (χ3v) is 9.23. The van der Waals surface area contributed by atoms with Gasteiger partial charge in [-0.3, -0.25) is 14.3 Å². The van der Waals surface area contributed by atoms with Gasteiger partial charge in [0.15, 0.2) is 0 Å². The molecule has 40 heavy (non-hydrogen) atoms. The second-order valence-electron chi connectivity index (χ2n) is 10.5. The lowest BCUT2D eigenvalue weighted by Crippen LogP contribution is -2.34. The van der Waals surface area contributed by atoms with Crippen molar-refractivity contribution in [3.8, 4) is 22.8 Å². The van der Waals surface area contributed by atoms with Gasteiger partial charge in [0.25, 0.3) is 5.56 Å². The lowest BCUT2D eigenvalue weighted by atomic mass is 9.86. The number of nitrogens with one attached hydrogen (secondary N) is 1. The van der Waals surface area contributed by atoms with E-state index >= 15 is 0 Å². The maximum absolute atomic E-state index is 13.4. The van der Waals surface area contributed by atoms with E-state index in [0.29, 0.717) is 34.1 Å². The molecule has 1 saturated heterocycles. The quantitative estimate of drug-likeness (QED) is 0.300. The Bertz CT molecular complexity index is 1820. The summed E-state index contributed by atoms with van der Waals surface area (Å²) >= 11 is 1.37. The predicted molar refractivity (Wildman–Crippen MR) is 156 cm³/mol. The number of benzene rings is 1. The smallest absolute Gasteiger partial charge is 0.328 e. The summed E-state index contributed by atoms with van der Waals surface area (Å²) in [6.07, 6.45) is 5.10. The van der Waals surface area contributed by atoms with Crippen molar-refractivity contribution >= 4 is 31.8 Å². The van der Waals surface area contributed by atoms with Gasteiger partial charge in [0, 0.05) is 55.0 Å². The molecule has 0 radical (unpaired) electrons. The highest BCUT2D eigenvalue weighted by Gasteiger charge is 2.40. The zero-order valence-corrected chi connectivity index (χ0v) is 22.9. The van der Waals surface area contributed by atoms with Crippen molar-refractivity contribution in [3.63, 3.8) is 0 Å². The molecule has 2 aliphatic rings. The number of thiophene rings is 1. The highest BCUT2D eigenvalue weighted by molar-refractivity contribution is 7.25. The molecule has 0 bridgehead atoms. The first-order chi connectivity index (χ1) is 19.6. The van der Waals surface area contributed by atoms with Gasteiger partial charge in [0.05, 0.1) is 29.6 Å². The average molecular weight is 556 g/mol. The number of unbranched alkanes of at least 4 members (excludes halogenated alkanes) is 1. The van der Waals surface area contributed by atoms with Crippen molar-refractivity contribution in [2.45, 2.75) is 25.3 Å². The number of fused-ring (bicyclic) bond motifs is 6. The summed E-state index contributed by atoms with van der Waals surface area (Å²) in [6.45, 7) is 3.96. The molecule has 0 spiro atoms. The van der Waals surface area contributed by atoms with Gasteiger partial charge < -0.3 is 19.4 Å². The van der Waals surface area contributed by atoms with Crippen molar-refractivity contribution in [1.29, 1.82) is 0 Å². The second-order valence-corrected chi connectivity index (χ2v) is 11.5. The Balaban J connectivity index is 1.05. The van der Waals surface area contributed by atoms with Gasteiger partial charge in [-0.1, -0.05) is 6.07 Å². The van der Waals surface area contributed by atoms with Crippen LogP contribution >= 0.6 is 11.3 Å². The van der Waals surface area contributed by atoms with Gasteiger partial charge in [-0.25, -0.2) is 9.78 Å². The SMILES string of the molecule is COc1cccc2c1[C@@H]1CN(CCCCn3c(=O)[nH]c4c(sc5ccc(-c6cccnc6)nc54)c3=O)C[C@H]1CO2. The van der Waals surface area contributed by atoms with Crippen LogP contribution < -0.4 is 20.7 Å². The second kappa shape index (κ2) is 10.2. The Morgan fingerprint density at radius 2 is 2.00 bits per heavy atom. The zero-order chi connectivity index (χ0) is 27.2. The first kappa shape index (κ1) is 25.0. The monoisotopic (exact) mass is 555 g/mol. The van der Waals surface area contributed by atoms with Crippen molar-refractivity contribution in [1.82, 2.24) is 24.4 Å². The lowest BCUT2D eigenvalue weighted by Gasteiger charge is -2.29. The third kappa shape index (κ3) is 4.28. The number of H-pyrrole nitrogens is 1. The number of hydrogen-bond donors (Lipinski definition) is 1. The first-order valence-corrected chi connectivity index (χ1v) is 14.4. The van der Waals surface area contributed by atoms with E-state index in [1.54, 1.807) is 19.5 Å². The van der Waals surface area contributed by atoms with E-state index in [2.05, 4.69) is 14.9 Å². The molecule has 6 heterocycles. The third-order valence-electron chi connectivity index (χ3n) is 8.10. The first-order valence-electron chi connectivity index (χ1n) is 13.6. The van der Waals surface area contributed by atoms with Crippen LogP contribution in [0.4, 0.5) is 0 Å². The molecule has 0 aliphatic carbocycles. The number of aromatic amines is 1. The van der Waals surface area contributed by atoms with Crippen LogP contribution in [0.5, 0.6) is 11.5 Å². The number of hydrogen-bond acceptors (Lipinski definition) is 8. The molecule has 0 amide bonds. The van der Waals surface area contributed by atoms with E-state index in [1.165, 1.54) is 21.5 Å². The molecule has 7 rings (SSSR count). The molecule has 4 aromatic heterocycles. The van der Waals surface area contributed by atoms with Crippen LogP contribution in [0.2, 0.25) is 0 Å². The molecule has 2 atom stereocenters. The van der Waals surface area contributed by atoms with E-state index in [1.807, 2.05) is 42.5 Å².